The van der Waals surface area contributed by atoms with E-state index in [1.165, 1.54) is 0 Å². The van der Waals surface area contributed by atoms with Gasteiger partial charge in [-0.3, -0.25) is 4.79 Å². The average molecular weight is 234 g/mol. The van der Waals surface area contributed by atoms with Crippen molar-refractivity contribution in [2.75, 3.05) is 0 Å². The van der Waals surface area contributed by atoms with Crippen molar-refractivity contribution in [3.63, 3.8) is 0 Å². The first-order valence-electron chi connectivity index (χ1n) is 5.39. The van der Waals surface area contributed by atoms with Gasteiger partial charge in [-0.05, 0) is 6.42 Å². The molecule has 1 aliphatic carbocycles. The first kappa shape index (κ1) is 13.4. The predicted octanol–water partition coefficient (Wildman–Crippen LogP) is -1.45. The van der Waals surface area contributed by atoms with Crippen LogP contribution in [0.4, 0.5) is 0 Å². The number of aliphatic hydroxyl groups excluding tert-OH is 4. The number of hydrogen-bond donors (Lipinski definition) is 4. The molecule has 6 nitrogen and oxygen atoms in total. The highest BCUT2D eigenvalue weighted by Crippen LogP contribution is 2.23. The summed E-state index contributed by atoms with van der Waals surface area (Å²) in [5.41, 5.74) is 0. The van der Waals surface area contributed by atoms with Crippen LogP contribution in [0.3, 0.4) is 0 Å². The Morgan fingerprint density at radius 2 is 1.81 bits per heavy atom. The van der Waals surface area contributed by atoms with E-state index in [-0.39, 0.29) is 12.8 Å². The molecule has 1 fully saturated rings. The van der Waals surface area contributed by atoms with Crippen LogP contribution in [0.2, 0.25) is 0 Å². The van der Waals surface area contributed by atoms with Gasteiger partial charge in [-0.2, -0.15) is 0 Å². The van der Waals surface area contributed by atoms with Crippen LogP contribution < -0.4 is 0 Å². The van der Waals surface area contributed by atoms with Crippen LogP contribution in [0.15, 0.2) is 0 Å². The summed E-state index contributed by atoms with van der Waals surface area (Å²) >= 11 is 0. The highest BCUT2D eigenvalue weighted by atomic mass is 16.6. The minimum Gasteiger partial charge on any atom is -0.459 e. The molecule has 94 valence electrons. The maximum atomic E-state index is 11.2. The van der Waals surface area contributed by atoms with Gasteiger partial charge < -0.3 is 25.2 Å². The number of rotatable bonds is 3. The molecule has 1 aliphatic rings. The predicted molar refractivity (Wildman–Crippen MR) is 53.4 cm³/mol. The third-order valence-electron chi connectivity index (χ3n) is 2.69. The summed E-state index contributed by atoms with van der Waals surface area (Å²) in [6.45, 7) is 1.81. The van der Waals surface area contributed by atoms with Crippen molar-refractivity contribution in [3.8, 4) is 0 Å². The Balaban J connectivity index is 2.57. The van der Waals surface area contributed by atoms with Crippen LogP contribution >= 0.6 is 0 Å². The van der Waals surface area contributed by atoms with Crippen LogP contribution in [0.1, 0.15) is 26.2 Å². The summed E-state index contributed by atoms with van der Waals surface area (Å²) in [5.74, 6) is -0.484. The zero-order valence-corrected chi connectivity index (χ0v) is 9.11. The van der Waals surface area contributed by atoms with Crippen molar-refractivity contribution in [3.05, 3.63) is 0 Å². The Labute approximate surface area is 93.5 Å². The van der Waals surface area contributed by atoms with E-state index in [0.29, 0.717) is 6.42 Å². The zero-order chi connectivity index (χ0) is 12.3. The Hall–Kier alpha value is -0.690. The Kier molecular flexibility index (Phi) is 4.67. The standard InChI is InChI=1S/C10H18O6/c1-2-3-7(12)16-6-4-5(11)8(13)10(15)9(6)14/h5-6,8-11,13-15H,2-4H2,1H3/t5-,6-,8+,9-,10-/m0/s1. The van der Waals surface area contributed by atoms with Crippen molar-refractivity contribution >= 4 is 5.97 Å². The van der Waals surface area contributed by atoms with Gasteiger partial charge in [0.05, 0.1) is 6.10 Å². The van der Waals surface area contributed by atoms with E-state index in [9.17, 15) is 25.2 Å². The maximum absolute atomic E-state index is 11.2. The lowest BCUT2D eigenvalue weighted by Crippen LogP contribution is -2.56. The van der Waals surface area contributed by atoms with Crippen LogP contribution in [0.5, 0.6) is 0 Å². The van der Waals surface area contributed by atoms with E-state index in [2.05, 4.69) is 0 Å². The van der Waals surface area contributed by atoms with Gasteiger partial charge in [0.25, 0.3) is 0 Å². The Morgan fingerprint density at radius 3 is 2.38 bits per heavy atom. The molecule has 0 amide bonds. The molecule has 4 N–H and O–H groups in total. The van der Waals surface area contributed by atoms with Crippen LogP contribution in [-0.4, -0.2) is 56.9 Å². The lowest BCUT2D eigenvalue weighted by molar-refractivity contribution is -0.196. The lowest BCUT2D eigenvalue weighted by Gasteiger charge is -2.37. The maximum Gasteiger partial charge on any atom is 0.306 e. The zero-order valence-electron chi connectivity index (χ0n) is 9.11. The normalized spacial score (nSPS) is 39.4. The fourth-order valence-corrected chi connectivity index (χ4v) is 1.72. The first-order valence-corrected chi connectivity index (χ1v) is 5.39. The summed E-state index contributed by atoms with van der Waals surface area (Å²) in [7, 11) is 0. The van der Waals surface area contributed by atoms with Gasteiger partial charge in [-0.25, -0.2) is 0 Å². The molecule has 0 spiro atoms. The van der Waals surface area contributed by atoms with Gasteiger partial charge in [-0.1, -0.05) is 6.92 Å². The molecule has 0 aromatic rings. The molecule has 5 atom stereocenters. The molecule has 0 unspecified atom stereocenters. The van der Waals surface area contributed by atoms with Gasteiger partial charge in [0.15, 0.2) is 0 Å². The second-order valence-electron chi connectivity index (χ2n) is 4.05. The van der Waals surface area contributed by atoms with Gasteiger partial charge in [0.1, 0.15) is 24.4 Å². The molecular weight excluding hydrogens is 216 g/mol. The highest BCUT2D eigenvalue weighted by Gasteiger charge is 2.43. The fraction of sp³-hybridized carbons (Fsp3) is 0.900. The molecule has 16 heavy (non-hydrogen) atoms. The van der Waals surface area contributed by atoms with Crippen LogP contribution in [0.25, 0.3) is 0 Å². The number of carbonyl (C=O) groups excluding carboxylic acids is 1. The summed E-state index contributed by atoms with van der Waals surface area (Å²) in [5, 5.41) is 37.6. The van der Waals surface area contributed by atoms with Crippen LogP contribution in [-0.2, 0) is 9.53 Å². The number of ether oxygens (including phenoxy) is 1. The smallest absolute Gasteiger partial charge is 0.306 e. The number of esters is 1. The first-order chi connectivity index (χ1) is 7.47. The summed E-state index contributed by atoms with van der Waals surface area (Å²) in [6.07, 6.45) is -5.66. The van der Waals surface area contributed by atoms with E-state index >= 15 is 0 Å². The fourth-order valence-electron chi connectivity index (χ4n) is 1.72. The molecule has 1 rings (SSSR count). The van der Waals surface area contributed by atoms with E-state index in [1.807, 2.05) is 6.92 Å². The van der Waals surface area contributed by atoms with Crippen molar-refractivity contribution in [1.82, 2.24) is 0 Å². The van der Waals surface area contributed by atoms with Gasteiger partial charge in [0.2, 0.25) is 0 Å². The van der Waals surface area contributed by atoms with Crippen molar-refractivity contribution in [1.29, 1.82) is 0 Å². The van der Waals surface area contributed by atoms with Crippen molar-refractivity contribution in [2.45, 2.75) is 56.7 Å². The molecule has 6 heteroatoms. The second kappa shape index (κ2) is 5.58. The monoisotopic (exact) mass is 234 g/mol. The SMILES string of the molecule is CCCC(=O)O[C@H]1C[C@H](O)[C@@H](O)[C@H](O)[C@H]1O. The quantitative estimate of drug-likeness (QED) is 0.445. The summed E-state index contributed by atoms with van der Waals surface area (Å²) in [6, 6.07) is 0. The molecule has 0 saturated heterocycles. The largest absolute Gasteiger partial charge is 0.459 e. The van der Waals surface area contributed by atoms with Crippen molar-refractivity contribution in [2.24, 2.45) is 0 Å². The topological polar surface area (TPSA) is 107 Å². The van der Waals surface area contributed by atoms with Crippen molar-refractivity contribution < 1.29 is 30.0 Å². The van der Waals surface area contributed by atoms with Gasteiger partial charge >= 0.3 is 5.97 Å². The molecule has 0 heterocycles. The highest BCUT2D eigenvalue weighted by molar-refractivity contribution is 5.69. The number of carbonyl (C=O) groups is 1. The Bertz CT molecular complexity index is 243. The number of aliphatic hydroxyl groups is 4. The lowest BCUT2D eigenvalue weighted by atomic mass is 9.87. The molecule has 0 bridgehead atoms. The second-order valence-corrected chi connectivity index (χ2v) is 4.05. The van der Waals surface area contributed by atoms with Crippen LogP contribution in [0, 0.1) is 0 Å². The molecule has 0 aliphatic heterocycles. The minimum atomic E-state index is -1.50. The average Bonchev–Trinajstić information content (AvgIpc) is 2.23. The van der Waals surface area contributed by atoms with E-state index in [0.717, 1.165) is 0 Å². The number of hydrogen-bond acceptors (Lipinski definition) is 6. The molecule has 0 aromatic carbocycles. The van der Waals surface area contributed by atoms with Gasteiger partial charge in [0, 0.05) is 12.8 Å². The summed E-state index contributed by atoms with van der Waals surface area (Å²) < 4.78 is 4.91. The third-order valence-corrected chi connectivity index (χ3v) is 2.69. The van der Waals surface area contributed by atoms with E-state index in [1.54, 1.807) is 0 Å². The molecule has 1 saturated carbocycles. The Morgan fingerprint density at radius 1 is 1.19 bits per heavy atom. The van der Waals surface area contributed by atoms with E-state index < -0.39 is 36.5 Å². The van der Waals surface area contributed by atoms with E-state index in [4.69, 9.17) is 4.74 Å². The summed E-state index contributed by atoms with van der Waals surface area (Å²) in [4.78, 5) is 11.2. The molecule has 0 aromatic heterocycles. The minimum absolute atomic E-state index is 0.0746. The molecule has 0 radical (unpaired) electrons. The molecular formula is C10H18O6. The third kappa shape index (κ3) is 2.91. The van der Waals surface area contributed by atoms with Gasteiger partial charge in [-0.15, -0.1) is 0 Å².